The third-order valence-electron chi connectivity index (χ3n) is 3.28. The first kappa shape index (κ1) is 13.9. The summed E-state index contributed by atoms with van der Waals surface area (Å²) in [4.78, 5) is 0. The summed E-state index contributed by atoms with van der Waals surface area (Å²) in [7, 11) is 0. The van der Waals surface area contributed by atoms with Gasteiger partial charge in [0, 0.05) is 0 Å². The van der Waals surface area contributed by atoms with Crippen LogP contribution in [0.1, 0.15) is 53.4 Å². The Morgan fingerprint density at radius 3 is 1.86 bits per heavy atom. The molecule has 0 aliphatic heterocycles. The summed E-state index contributed by atoms with van der Waals surface area (Å²) in [5.74, 6) is 0.667. The summed E-state index contributed by atoms with van der Waals surface area (Å²) in [6.07, 6.45) is 4.21. The summed E-state index contributed by atoms with van der Waals surface area (Å²) in [5.41, 5.74) is 4.94. The standard InChI is InChI=1S/C12H27NO/c1-10(2)12(14,11(3)4)8-6-5-7-9-13/h10-11,14H,5-9,13H2,1-4H3. The zero-order valence-corrected chi connectivity index (χ0v) is 10.2. The van der Waals surface area contributed by atoms with E-state index < -0.39 is 5.60 Å². The predicted molar refractivity (Wildman–Crippen MR) is 62.1 cm³/mol. The summed E-state index contributed by atoms with van der Waals surface area (Å²) in [6, 6.07) is 0. The minimum Gasteiger partial charge on any atom is -0.389 e. The summed E-state index contributed by atoms with van der Waals surface area (Å²) >= 11 is 0. The van der Waals surface area contributed by atoms with Gasteiger partial charge < -0.3 is 10.8 Å². The lowest BCUT2D eigenvalue weighted by Crippen LogP contribution is -2.40. The maximum absolute atomic E-state index is 10.4. The van der Waals surface area contributed by atoms with E-state index in [2.05, 4.69) is 27.7 Å². The van der Waals surface area contributed by atoms with Gasteiger partial charge in [-0.2, -0.15) is 0 Å². The lowest BCUT2D eigenvalue weighted by molar-refractivity contribution is -0.0555. The molecule has 0 fully saturated rings. The first-order valence-corrected chi connectivity index (χ1v) is 5.87. The molecule has 3 N–H and O–H groups in total. The fourth-order valence-corrected chi connectivity index (χ4v) is 1.97. The van der Waals surface area contributed by atoms with Crippen LogP contribution >= 0.6 is 0 Å². The highest BCUT2D eigenvalue weighted by molar-refractivity contribution is 4.84. The van der Waals surface area contributed by atoms with E-state index in [4.69, 9.17) is 5.73 Å². The highest BCUT2D eigenvalue weighted by atomic mass is 16.3. The molecule has 0 rings (SSSR count). The van der Waals surface area contributed by atoms with Gasteiger partial charge in [0.2, 0.25) is 0 Å². The molecule has 0 radical (unpaired) electrons. The van der Waals surface area contributed by atoms with Crippen LogP contribution in [0.5, 0.6) is 0 Å². The van der Waals surface area contributed by atoms with E-state index in [0.717, 1.165) is 32.2 Å². The Kier molecular flexibility index (Phi) is 6.38. The minimum atomic E-state index is -0.491. The number of unbranched alkanes of at least 4 members (excludes halogenated alkanes) is 2. The molecule has 86 valence electrons. The number of hydrogen-bond acceptors (Lipinski definition) is 2. The van der Waals surface area contributed by atoms with Gasteiger partial charge in [-0.05, 0) is 31.2 Å². The van der Waals surface area contributed by atoms with Gasteiger partial charge in [0.05, 0.1) is 5.60 Å². The topological polar surface area (TPSA) is 46.2 Å². The van der Waals surface area contributed by atoms with Gasteiger partial charge >= 0.3 is 0 Å². The molecule has 0 saturated heterocycles. The molecule has 2 heteroatoms. The van der Waals surface area contributed by atoms with Crippen molar-refractivity contribution in [2.45, 2.75) is 59.0 Å². The Hall–Kier alpha value is -0.0800. The van der Waals surface area contributed by atoms with Gasteiger partial charge in [0.1, 0.15) is 0 Å². The Balaban J connectivity index is 3.98. The number of hydrogen-bond donors (Lipinski definition) is 2. The number of rotatable bonds is 7. The van der Waals surface area contributed by atoms with Crippen molar-refractivity contribution in [1.29, 1.82) is 0 Å². The largest absolute Gasteiger partial charge is 0.389 e. The van der Waals surface area contributed by atoms with Crippen LogP contribution in [-0.2, 0) is 0 Å². The molecule has 0 aliphatic carbocycles. The van der Waals surface area contributed by atoms with Crippen LogP contribution in [0.4, 0.5) is 0 Å². The molecule has 0 bridgehead atoms. The molecule has 2 nitrogen and oxygen atoms in total. The molecule has 0 aromatic heterocycles. The van der Waals surface area contributed by atoms with Crippen LogP contribution in [0.2, 0.25) is 0 Å². The van der Waals surface area contributed by atoms with Crippen molar-refractivity contribution in [1.82, 2.24) is 0 Å². The Morgan fingerprint density at radius 2 is 1.50 bits per heavy atom. The van der Waals surface area contributed by atoms with Crippen molar-refractivity contribution in [3.05, 3.63) is 0 Å². The van der Waals surface area contributed by atoms with Gasteiger partial charge in [0.15, 0.2) is 0 Å². The van der Waals surface area contributed by atoms with E-state index >= 15 is 0 Å². The van der Waals surface area contributed by atoms with Gasteiger partial charge in [-0.1, -0.05) is 40.5 Å². The van der Waals surface area contributed by atoms with E-state index in [0.29, 0.717) is 11.8 Å². The number of nitrogens with two attached hydrogens (primary N) is 1. The van der Waals surface area contributed by atoms with Crippen LogP contribution in [0.15, 0.2) is 0 Å². The first-order valence-electron chi connectivity index (χ1n) is 5.87. The summed E-state index contributed by atoms with van der Waals surface area (Å²) < 4.78 is 0. The molecule has 0 saturated carbocycles. The quantitative estimate of drug-likeness (QED) is 0.622. The van der Waals surface area contributed by atoms with Crippen LogP contribution in [0, 0.1) is 11.8 Å². The van der Waals surface area contributed by atoms with Crippen LogP contribution in [-0.4, -0.2) is 17.3 Å². The second-order valence-corrected chi connectivity index (χ2v) is 4.90. The summed E-state index contributed by atoms with van der Waals surface area (Å²) in [5, 5.41) is 10.4. The highest BCUT2D eigenvalue weighted by Gasteiger charge is 2.33. The zero-order chi connectivity index (χ0) is 11.2. The maximum Gasteiger partial charge on any atom is 0.0693 e. The van der Waals surface area contributed by atoms with Crippen LogP contribution in [0.3, 0.4) is 0 Å². The second kappa shape index (κ2) is 6.41. The van der Waals surface area contributed by atoms with Crippen molar-refractivity contribution in [2.24, 2.45) is 17.6 Å². The molecular formula is C12H27NO. The van der Waals surface area contributed by atoms with Gasteiger partial charge in [0.25, 0.3) is 0 Å². The fraction of sp³-hybridized carbons (Fsp3) is 1.00. The molecule has 0 spiro atoms. The molecule has 0 amide bonds. The lowest BCUT2D eigenvalue weighted by atomic mass is 9.77. The molecule has 0 aliphatic rings. The zero-order valence-electron chi connectivity index (χ0n) is 10.2. The first-order chi connectivity index (χ1) is 6.45. The Bertz CT molecular complexity index is 135. The van der Waals surface area contributed by atoms with Crippen molar-refractivity contribution >= 4 is 0 Å². The maximum atomic E-state index is 10.4. The van der Waals surface area contributed by atoms with E-state index in [1.807, 2.05) is 0 Å². The molecule has 0 aromatic carbocycles. The van der Waals surface area contributed by atoms with E-state index in [-0.39, 0.29) is 0 Å². The van der Waals surface area contributed by atoms with Crippen molar-refractivity contribution in [3.8, 4) is 0 Å². The second-order valence-electron chi connectivity index (χ2n) is 4.90. The highest BCUT2D eigenvalue weighted by Crippen LogP contribution is 2.31. The van der Waals surface area contributed by atoms with Crippen molar-refractivity contribution < 1.29 is 5.11 Å². The Labute approximate surface area is 88.9 Å². The van der Waals surface area contributed by atoms with E-state index in [1.54, 1.807) is 0 Å². The third kappa shape index (κ3) is 3.97. The predicted octanol–water partition coefficient (Wildman–Crippen LogP) is 2.55. The Morgan fingerprint density at radius 1 is 1.00 bits per heavy atom. The average molecular weight is 201 g/mol. The van der Waals surface area contributed by atoms with Crippen LogP contribution in [0.25, 0.3) is 0 Å². The van der Waals surface area contributed by atoms with Crippen molar-refractivity contribution in [2.75, 3.05) is 6.54 Å². The van der Waals surface area contributed by atoms with Gasteiger partial charge in [-0.25, -0.2) is 0 Å². The monoisotopic (exact) mass is 201 g/mol. The number of aliphatic hydroxyl groups is 1. The van der Waals surface area contributed by atoms with Gasteiger partial charge in [-0.15, -0.1) is 0 Å². The summed E-state index contributed by atoms with van der Waals surface area (Å²) in [6.45, 7) is 9.17. The molecule has 14 heavy (non-hydrogen) atoms. The third-order valence-corrected chi connectivity index (χ3v) is 3.28. The fourth-order valence-electron chi connectivity index (χ4n) is 1.97. The molecule has 0 aromatic rings. The molecular weight excluding hydrogens is 174 g/mol. The molecule has 0 unspecified atom stereocenters. The van der Waals surface area contributed by atoms with Crippen LogP contribution < -0.4 is 5.73 Å². The lowest BCUT2D eigenvalue weighted by Gasteiger charge is -2.36. The normalized spacial score (nSPS) is 12.9. The minimum absolute atomic E-state index is 0.334. The SMILES string of the molecule is CC(C)C(O)(CCCCCN)C(C)C. The van der Waals surface area contributed by atoms with Crippen molar-refractivity contribution in [3.63, 3.8) is 0 Å². The average Bonchev–Trinajstić information content (AvgIpc) is 2.11. The van der Waals surface area contributed by atoms with Gasteiger partial charge in [-0.3, -0.25) is 0 Å². The smallest absolute Gasteiger partial charge is 0.0693 e. The van der Waals surface area contributed by atoms with E-state index in [9.17, 15) is 5.11 Å². The molecule has 0 heterocycles. The molecule has 0 atom stereocenters. The van der Waals surface area contributed by atoms with E-state index in [1.165, 1.54) is 0 Å².